The lowest BCUT2D eigenvalue weighted by Gasteiger charge is -2.16. The summed E-state index contributed by atoms with van der Waals surface area (Å²) < 4.78 is 4.59. The highest BCUT2D eigenvalue weighted by atomic mass is 16.5. The lowest BCUT2D eigenvalue weighted by molar-refractivity contribution is -0.138. The number of anilines is 1. The van der Waals surface area contributed by atoms with Crippen LogP contribution in [0.15, 0.2) is 24.5 Å². The Labute approximate surface area is 98.3 Å². The van der Waals surface area contributed by atoms with Crippen molar-refractivity contribution in [1.29, 1.82) is 0 Å². The second-order valence-electron chi connectivity index (χ2n) is 3.50. The zero-order chi connectivity index (χ0) is 12.3. The zero-order valence-electron chi connectivity index (χ0n) is 9.62. The number of ether oxygens (including phenoxy) is 1. The highest BCUT2D eigenvalue weighted by Crippen LogP contribution is 2.13. The zero-order valence-corrected chi connectivity index (χ0v) is 9.62. The molecule has 0 atom stereocenters. The van der Waals surface area contributed by atoms with E-state index in [-0.39, 0.29) is 12.5 Å². The average molecular weight is 232 g/mol. The standard InChI is InChI=1S/C11H12N4O2/c1-15(7-10(16)17-2)9-4-3-8-11(14-9)13-6-5-12-8/h3-6H,7H2,1-2H3. The summed E-state index contributed by atoms with van der Waals surface area (Å²) in [6.45, 7) is 0.148. The number of likely N-dealkylation sites (N-methyl/N-ethyl adjacent to an activating group) is 1. The number of fused-ring (bicyclic) bond motifs is 1. The van der Waals surface area contributed by atoms with Crippen molar-refractivity contribution in [3.05, 3.63) is 24.5 Å². The van der Waals surface area contributed by atoms with Crippen molar-refractivity contribution in [3.63, 3.8) is 0 Å². The molecular weight excluding hydrogens is 220 g/mol. The first-order chi connectivity index (χ1) is 8.20. The summed E-state index contributed by atoms with van der Waals surface area (Å²) in [4.78, 5) is 25.4. The Morgan fingerprint density at radius 2 is 2.12 bits per heavy atom. The lowest BCUT2D eigenvalue weighted by Crippen LogP contribution is -2.27. The maximum absolute atomic E-state index is 11.1. The number of hydrogen-bond acceptors (Lipinski definition) is 6. The van der Waals surface area contributed by atoms with E-state index in [0.717, 1.165) is 5.52 Å². The molecule has 0 spiro atoms. The van der Waals surface area contributed by atoms with E-state index in [9.17, 15) is 4.79 Å². The predicted octanol–water partition coefficient (Wildman–Crippen LogP) is 0.634. The van der Waals surface area contributed by atoms with Crippen LogP contribution in [0.25, 0.3) is 11.2 Å². The van der Waals surface area contributed by atoms with E-state index in [1.54, 1.807) is 30.4 Å². The smallest absolute Gasteiger partial charge is 0.325 e. The van der Waals surface area contributed by atoms with Gasteiger partial charge in [-0.05, 0) is 12.1 Å². The lowest BCUT2D eigenvalue weighted by atomic mass is 10.4. The number of carbonyl (C=O) groups is 1. The molecule has 0 saturated heterocycles. The Bertz CT molecular complexity index is 544. The summed E-state index contributed by atoms with van der Waals surface area (Å²) in [5.41, 5.74) is 1.28. The van der Waals surface area contributed by atoms with Crippen molar-refractivity contribution in [2.24, 2.45) is 0 Å². The van der Waals surface area contributed by atoms with Crippen LogP contribution in [0.2, 0.25) is 0 Å². The van der Waals surface area contributed by atoms with E-state index in [1.807, 2.05) is 6.07 Å². The SMILES string of the molecule is COC(=O)CN(C)c1ccc2nccnc2n1. The number of aromatic nitrogens is 3. The highest BCUT2D eigenvalue weighted by Gasteiger charge is 2.09. The van der Waals surface area contributed by atoms with Gasteiger partial charge in [0, 0.05) is 19.4 Å². The number of methoxy groups -OCH3 is 1. The van der Waals surface area contributed by atoms with Gasteiger partial charge in [0.25, 0.3) is 0 Å². The van der Waals surface area contributed by atoms with Gasteiger partial charge in [0.2, 0.25) is 0 Å². The summed E-state index contributed by atoms with van der Waals surface area (Å²) in [7, 11) is 3.12. The normalized spacial score (nSPS) is 10.2. The third-order valence-electron chi connectivity index (χ3n) is 2.30. The fourth-order valence-electron chi connectivity index (χ4n) is 1.40. The average Bonchev–Trinajstić information content (AvgIpc) is 2.38. The number of nitrogens with zero attached hydrogens (tertiary/aromatic N) is 4. The van der Waals surface area contributed by atoms with Gasteiger partial charge in [-0.25, -0.2) is 9.97 Å². The Kier molecular flexibility index (Phi) is 3.13. The van der Waals surface area contributed by atoms with Crippen LogP contribution in [0, 0.1) is 0 Å². The summed E-state index contributed by atoms with van der Waals surface area (Å²) in [6, 6.07) is 3.61. The molecule has 0 fully saturated rings. The van der Waals surface area contributed by atoms with Gasteiger partial charge in [0.1, 0.15) is 17.9 Å². The molecule has 2 aromatic heterocycles. The van der Waals surface area contributed by atoms with Gasteiger partial charge >= 0.3 is 5.97 Å². The van der Waals surface area contributed by atoms with Gasteiger partial charge in [-0.15, -0.1) is 0 Å². The number of esters is 1. The maximum Gasteiger partial charge on any atom is 0.325 e. The molecular formula is C11H12N4O2. The molecule has 0 aliphatic carbocycles. The minimum Gasteiger partial charge on any atom is -0.468 e. The second-order valence-corrected chi connectivity index (χ2v) is 3.50. The van der Waals surface area contributed by atoms with Crippen LogP contribution in [-0.2, 0) is 9.53 Å². The highest BCUT2D eigenvalue weighted by molar-refractivity contribution is 5.76. The van der Waals surface area contributed by atoms with E-state index >= 15 is 0 Å². The molecule has 2 heterocycles. The van der Waals surface area contributed by atoms with Gasteiger partial charge < -0.3 is 9.64 Å². The molecule has 2 rings (SSSR count). The molecule has 6 heteroatoms. The van der Waals surface area contributed by atoms with Gasteiger partial charge in [0.15, 0.2) is 5.65 Å². The van der Waals surface area contributed by atoms with Crippen molar-refractivity contribution in [1.82, 2.24) is 15.0 Å². The Morgan fingerprint density at radius 1 is 1.35 bits per heavy atom. The quantitative estimate of drug-likeness (QED) is 0.723. The van der Waals surface area contributed by atoms with Crippen LogP contribution >= 0.6 is 0 Å². The third kappa shape index (κ3) is 2.47. The molecule has 88 valence electrons. The molecule has 0 unspecified atom stereocenters. The van der Waals surface area contributed by atoms with Crippen LogP contribution in [0.3, 0.4) is 0 Å². The minimum absolute atomic E-state index is 0.148. The maximum atomic E-state index is 11.1. The molecule has 0 N–H and O–H groups in total. The third-order valence-corrected chi connectivity index (χ3v) is 2.30. The van der Waals surface area contributed by atoms with E-state index < -0.39 is 0 Å². The fourth-order valence-corrected chi connectivity index (χ4v) is 1.40. The molecule has 0 aliphatic rings. The van der Waals surface area contributed by atoms with Crippen molar-refractivity contribution in [2.75, 3.05) is 25.6 Å². The van der Waals surface area contributed by atoms with Crippen LogP contribution < -0.4 is 4.90 Å². The minimum atomic E-state index is -0.312. The summed E-state index contributed by atoms with van der Waals surface area (Å²) >= 11 is 0. The van der Waals surface area contributed by atoms with E-state index in [1.165, 1.54) is 7.11 Å². The molecule has 6 nitrogen and oxygen atoms in total. The van der Waals surface area contributed by atoms with Crippen molar-refractivity contribution >= 4 is 23.0 Å². The largest absolute Gasteiger partial charge is 0.468 e. The van der Waals surface area contributed by atoms with Gasteiger partial charge in [-0.3, -0.25) is 9.78 Å². The molecule has 2 aromatic rings. The van der Waals surface area contributed by atoms with Crippen molar-refractivity contribution in [2.45, 2.75) is 0 Å². The van der Waals surface area contributed by atoms with Gasteiger partial charge in [-0.1, -0.05) is 0 Å². The first-order valence-electron chi connectivity index (χ1n) is 5.06. The first-order valence-corrected chi connectivity index (χ1v) is 5.06. The second kappa shape index (κ2) is 4.73. The number of carbonyl (C=O) groups excluding carboxylic acids is 1. The van der Waals surface area contributed by atoms with Crippen LogP contribution in [0.4, 0.5) is 5.82 Å². The molecule has 0 amide bonds. The Balaban J connectivity index is 2.26. The van der Waals surface area contributed by atoms with Crippen molar-refractivity contribution in [3.8, 4) is 0 Å². The molecule has 0 saturated carbocycles. The van der Waals surface area contributed by atoms with Crippen LogP contribution in [0.5, 0.6) is 0 Å². The summed E-state index contributed by atoms with van der Waals surface area (Å²) in [5.74, 6) is 0.344. The van der Waals surface area contributed by atoms with E-state index in [2.05, 4.69) is 19.7 Å². The monoisotopic (exact) mass is 232 g/mol. The summed E-state index contributed by atoms with van der Waals surface area (Å²) in [6.07, 6.45) is 3.20. The van der Waals surface area contributed by atoms with Crippen LogP contribution in [-0.4, -0.2) is 41.6 Å². The molecule has 17 heavy (non-hydrogen) atoms. The predicted molar refractivity (Wildman–Crippen MR) is 62.6 cm³/mol. The number of pyridine rings is 1. The molecule has 0 radical (unpaired) electrons. The van der Waals surface area contributed by atoms with Crippen LogP contribution in [0.1, 0.15) is 0 Å². The Hall–Kier alpha value is -2.24. The topological polar surface area (TPSA) is 68.2 Å². The Morgan fingerprint density at radius 3 is 2.88 bits per heavy atom. The van der Waals surface area contributed by atoms with E-state index in [0.29, 0.717) is 11.5 Å². The summed E-state index contributed by atoms with van der Waals surface area (Å²) in [5, 5.41) is 0. The number of rotatable bonds is 3. The molecule has 0 bridgehead atoms. The van der Waals surface area contributed by atoms with Gasteiger partial charge in [0.05, 0.1) is 7.11 Å². The van der Waals surface area contributed by atoms with Gasteiger partial charge in [-0.2, -0.15) is 0 Å². The van der Waals surface area contributed by atoms with Crippen molar-refractivity contribution < 1.29 is 9.53 Å². The fraction of sp³-hybridized carbons (Fsp3) is 0.273. The van der Waals surface area contributed by atoms with E-state index in [4.69, 9.17) is 0 Å². The molecule has 0 aliphatic heterocycles. The first kappa shape index (κ1) is 11.3. The molecule has 0 aromatic carbocycles. The number of hydrogen-bond donors (Lipinski definition) is 0.